The Morgan fingerprint density at radius 2 is 1.82 bits per heavy atom. The van der Waals surface area contributed by atoms with E-state index in [4.69, 9.17) is 11.6 Å². The number of rotatable bonds is 6. The summed E-state index contributed by atoms with van der Waals surface area (Å²) in [6.07, 6.45) is 9.27. The molecule has 2 fully saturated rings. The van der Waals surface area contributed by atoms with Crippen LogP contribution in [-0.2, 0) is 12.0 Å². The molecule has 4 heterocycles. The van der Waals surface area contributed by atoms with E-state index < -0.39 is 6.04 Å². The van der Waals surface area contributed by atoms with E-state index in [-0.39, 0.29) is 22.9 Å². The molecule has 208 valence electrons. The summed E-state index contributed by atoms with van der Waals surface area (Å²) in [7, 11) is 0. The van der Waals surface area contributed by atoms with Gasteiger partial charge in [-0.3, -0.25) is 9.36 Å². The monoisotopic (exact) mass is 559 g/mol. The summed E-state index contributed by atoms with van der Waals surface area (Å²) < 4.78 is 2.98. The second kappa shape index (κ2) is 9.85. The molecular weight excluding hydrogens is 526 g/mol. The lowest BCUT2D eigenvalue weighted by Crippen LogP contribution is -2.44. The van der Waals surface area contributed by atoms with E-state index >= 15 is 0 Å². The van der Waals surface area contributed by atoms with Gasteiger partial charge in [0.15, 0.2) is 0 Å². The fraction of sp³-hybridized carbons (Fsp3) is 0.419. The number of halogens is 1. The zero-order chi connectivity index (χ0) is 27.4. The average Bonchev–Trinajstić information content (AvgIpc) is 3.66. The van der Waals surface area contributed by atoms with Gasteiger partial charge in [0.2, 0.25) is 5.88 Å². The third-order valence-electron chi connectivity index (χ3n) is 9.33. The van der Waals surface area contributed by atoms with Crippen molar-refractivity contribution in [3.8, 4) is 11.6 Å². The van der Waals surface area contributed by atoms with Gasteiger partial charge in [0, 0.05) is 41.2 Å². The molecule has 2 aliphatic heterocycles. The summed E-state index contributed by atoms with van der Waals surface area (Å²) in [6.45, 7) is 3.98. The molecule has 2 aromatic heterocycles. The normalized spacial score (nSPS) is 20.4. The maximum atomic E-state index is 13.5. The van der Waals surface area contributed by atoms with Gasteiger partial charge in [0.05, 0.1) is 16.8 Å². The SMILES string of the molecule is O=C(N[C@@H]1CCCn2c1c(O)n(-c1ccc(C3(CN4CCCC4)CCC3)cc1)c2=O)c1ccc2c(Cl)c[nH]c2c1. The number of carbonyl (C=O) groups excluding carboxylic acids is 1. The van der Waals surface area contributed by atoms with Crippen molar-refractivity contribution in [2.45, 2.75) is 62.9 Å². The van der Waals surface area contributed by atoms with Gasteiger partial charge in [-0.25, -0.2) is 9.36 Å². The average molecular weight is 560 g/mol. The molecule has 2 aromatic carbocycles. The molecular formula is C31H34ClN5O3. The Hall–Kier alpha value is -3.49. The number of likely N-dealkylation sites (tertiary alicyclic amines) is 1. The molecule has 4 aromatic rings. The van der Waals surface area contributed by atoms with Gasteiger partial charge < -0.3 is 20.3 Å². The first-order valence-corrected chi connectivity index (χ1v) is 14.8. The molecule has 0 unspecified atom stereocenters. The van der Waals surface area contributed by atoms with Gasteiger partial charge in [-0.2, -0.15) is 0 Å². The van der Waals surface area contributed by atoms with Crippen molar-refractivity contribution in [3.05, 3.63) is 81.0 Å². The number of nitrogens with one attached hydrogen (secondary N) is 2. The van der Waals surface area contributed by atoms with Gasteiger partial charge in [-0.05, 0) is 81.4 Å². The summed E-state index contributed by atoms with van der Waals surface area (Å²) in [6, 6.07) is 13.0. The number of hydrogen-bond acceptors (Lipinski definition) is 4. The zero-order valence-corrected chi connectivity index (χ0v) is 23.2. The lowest BCUT2D eigenvalue weighted by Gasteiger charge is -2.45. The van der Waals surface area contributed by atoms with Crippen LogP contribution in [0.3, 0.4) is 0 Å². The minimum absolute atomic E-state index is 0.107. The lowest BCUT2D eigenvalue weighted by molar-refractivity contribution is 0.0928. The third kappa shape index (κ3) is 4.16. The quantitative estimate of drug-likeness (QED) is 0.300. The van der Waals surface area contributed by atoms with Crippen LogP contribution in [0.15, 0.2) is 53.5 Å². The second-order valence-corrected chi connectivity index (χ2v) is 12.1. The van der Waals surface area contributed by atoms with E-state index in [1.165, 1.54) is 55.3 Å². The highest BCUT2D eigenvalue weighted by Crippen LogP contribution is 2.45. The van der Waals surface area contributed by atoms with Crippen molar-refractivity contribution in [1.82, 2.24) is 24.3 Å². The van der Waals surface area contributed by atoms with Gasteiger partial charge >= 0.3 is 5.69 Å². The highest BCUT2D eigenvalue weighted by molar-refractivity contribution is 6.35. The molecule has 40 heavy (non-hydrogen) atoms. The smallest absolute Gasteiger partial charge is 0.335 e. The van der Waals surface area contributed by atoms with Gasteiger partial charge in [-0.1, -0.05) is 36.2 Å². The van der Waals surface area contributed by atoms with Crippen molar-refractivity contribution < 1.29 is 9.90 Å². The largest absolute Gasteiger partial charge is 0.493 e. The van der Waals surface area contributed by atoms with E-state index in [9.17, 15) is 14.7 Å². The summed E-state index contributed by atoms with van der Waals surface area (Å²) in [5, 5.41) is 15.9. The number of aromatic hydroxyl groups is 1. The van der Waals surface area contributed by atoms with Gasteiger partial charge in [0.1, 0.15) is 5.69 Å². The molecule has 0 radical (unpaired) electrons. The Bertz CT molecular complexity index is 1640. The predicted octanol–water partition coefficient (Wildman–Crippen LogP) is 5.26. The first-order valence-electron chi connectivity index (χ1n) is 14.4. The third-order valence-corrected chi connectivity index (χ3v) is 9.64. The number of aromatic nitrogens is 3. The first kappa shape index (κ1) is 25.5. The fourth-order valence-corrected chi connectivity index (χ4v) is 7.24. The van der Waals surface area contributed by atoms with Crippen molar-refractivity contribution in [2.75, 3.05) is 19.6 Å². The molecule has 7 rings (SSSR count). The first-order chi connectivity index (χ1) is 19.4. The molecule has 1 saturated heterocycles. The van der Waals surface area contributed by atoms with Crippen LogP contribution in [0.2, 0.25) is 5.02 Å². The summed E-state index contributed by atoms with van der Waals surface area (Å²) >= 11 is 6.18. The maximum absolute atomic E-state index is 13.5. The van der Waals surface area contributed by atoms with Crippen molar-refractivity contribution in [3.63, 3.8) is 0 Å². The fourth-order valence-electron chi connectivity index (χ4n) is 7.02. The zero-order valence-electron chi connectivity index (χ0n) is 22.5. The van der Waals surface area contributed by atoms with Crippen LogP contribution >= 0.6 is 11.6 Å². The van der Waals surface area contributed by atoms with Crippen LogP contribution in [0.25, 0.3) is 16.6 Å². The molecule has 9 heteroatoms. The summed E-state index contributed by atoms with van der Waals surface area (Å²) in [5.74, 6) is -0.372. The van der Waals surface area contributed by atoms with Gasteiger partial charge in [-0.15, -0.1) is 0 Å². The number of carbonyl (C=O) groups is 1. The Morgan fingerprint density at radius 3 is 2.55 bits per heavy atom. The number of H-pyrrole nitrogens is 1. The molecule has 3 N–H and O–H groups in total. The Morgan fingerprint density at radius 1 is 1.05 bits per heavy atom. The molecule has 1 aliphatic carbocycles. The van der Waals surface area contributed by atoms with Crippen molar-refractivity contribution in [1.29, 1.82) is 0 Å². The number of imidazole rings is 1. The standard InChI is InChI=1S/C31H34ClN5O3/c32-24-18-33-26-17-20(6-11-23(24)26)28(38)34-25-5-3-16-36-27(25)29(39)37(30(36)40)22-9-7-21(8-10-22)31(12-4-13-31)19-35-14-1-2-15-35/h6-11,17-18,25,33,39H,1-5,12-16,19H2,(H,34,38)/t25-/m1/s1. The highest BCUT2D eigenvalue weighted by Gasteiger charge is 2.40. The highest BCUT2D eigenvalue weighted by atomic mass is 35.5. The van der Waals surface area contributed by atoms with E-state index in [1.807, 2.05) is 18.2 Å². The molecule has 1 amide bonds. The summed E-state index contributed by atoms with van der Waals surface area (Å²) in [4.78, 5) is 32.4. The molecule has 3 aliphatic rings. The number of nitrogens with zero attached hydrogens (tertiary/aromatic N) is 3. The molecule has 0 bridgehead atoms. The molecule has 1 saturated carbocycles. The van der Waals surface area contributed by atoms with Crippen LogP contribution < -0.4 is 11.0 Å². The number of aromatic amines is 1. The number of benzene rings is 2. The van der Waals surface area contributed by atoms with E-state index in [2.05, 4.69) is 27.3 Å². The number of amides is 1. The van der Waals surface area contributed by atoms with Crippen LogP contribution in [0, 0.1) is 0 Å². The number of hydrogen-bond donors (Lipinski definition) is 3. The molecule has 0 spiro atoms. The van der Waals surface area contributed by atoms with Gasteiger partial charge in [0.25, 0.3) is 5.91 Å². The van der Waals surface area contributed by atoms with Crippen LogP contribution in [0.4, 0.5) is 0 Å². The minimum atomic E-state index is -0.476. The van der Waals surface area contributed by atoms with E-state index in [0.717, 1.165) is 23.9 Å². The van der Waals surface area contributed by atoms with Crippen molar-refractivity contribution >= 4 is 28.4 Å². The topological polar surface area (TPSA) is 95.3 Å². The minimum Gasteiger partial charge on any atom is -0.493 e. The molecule has 8 nitrogen and oxygen atoms in total. The Labute approximate surface area is 237 Å². The Balaban J connectivity index is 1.16. The second-order valence-electron chi connectivity index (χ2n) is 11.7. The number of fused-ring (bicyclic) bond motifs is 2. The molecule has 1 atom stereocenters. The maximum Gasteiger partial charge on any atom is 0.335 e. The van der Waals surface area contributed by atoms with Crippen LogP contribution in [-0.4, -0.2) is 49.7 Å². The van der Waals surface area contributed by atoms with E-state index in [1.54, 1.807) is 22.9 Å². The lowest BCUT2D eigenvalue weighted by atomic mass is 9.64. The summed E-state index contributed by atoms with van der Waals surface area (Å²) in [5.41, 5.74) is 3.59. The predicted molar refractivity (Wildman–Crippen MR) is 156 cm³/mol. The van der Waals surface area contributed by atoms with Crippen LogP contribution in [0.5, 0.6) is 5.88 Å². The Kier molecular flexibility index (Phi) is 6.28. The van der Waals surface area contributed by atoms with Crippen molar-refractivity contribution in [2.24, 2.45) is 0 Å². The van der Waals surface area contributed by atoms with E-state index in [0.29, 0.717) is 34.9 Å². The van der Waals surface area contributed by atoms with Crippen LogP contribution in [0.1, 0.15) is 72.6 Å².